The molecule has 0 radical (unpaired) electrons. The number of unbranched alkanes of at least 4 members (excludes halogenated alkanes) is 1. The van der Waals surface area contributed by atoms with Crippen molar-refractivity contribution in [3.63, 3.8) is 0 Å². The highest BCUT2D eigenvalue weighted by Crippen LogP contribution is 2.25. The number of hydrogen-bond donors (Lipinski definition) is 2. The lowest BCUT2D eigenvalue weighted by Gasteiger charge is -2.26. The van der Waals surface area contributed by atoms with Gasteiger partial charge in [0.25, 0.3) is 0 Å². The lowest BCUT2D eigenvalue weighted by molar-refractivity contribution is -0.144. The van der Waals surface area contributed by atoms with Gasteiger partial charge in [-0.1, -0.05) is 33.1 Å². The number of hydrogen-bond acceptors (Lipinski definition) is 3. The number of carboxylic acids is 1. The van der Waals surface area contributed by atoms with Gasteiger partial charge in [0.05, 0.1) is 0 Å². The third-order valence-corrected chi connectivity index (χ3v) is 4.43. The van der Waals surface area contributed by atoms with Crippen LogP contribution in [0.4, 0.5) is 0 Å². The van der Waals surface area contributed by atoms with Crippen LogP contribution in [0.25, 0.3) is 0 Å². The summed E-state index contributed by atoms with van der Waals surface area (Å²) in [7, 11) is 0. The quantitative estimate of drug-likeness (QED) is 0.510. The predicted octanol–water partition coefficient (Wildman–Crippen LogP) is 3.59. The highest BCUT2D eigenvalue weighted by atomic mass is 16.5. The van der Waals surface area contributed by atoms with Crippen molar-refractivity contribution < 1.29 is 14.6 Å². The van der Waals surface area contributed by atoms with Gasteiger partial charge < -0.3 is 9.84 Å². The molecule has 4 nitrogen and oxygen atoms in total. The molecule has 0 saturated heterocycles. The zero-order valence-electron chi connectivity index (χ0n) is 14.0. The molecule has 2 atom stereocenters. The molecule has 0 aromatic carbocycles. The molecule has 0 bridgehead atoms. The Kier molecular flexibility index (Phi) is 8.27. The maximum Gasteiger partial charge on any atom is 0.323 e. The smallest absolute Gasteiger partial charge is 0.323 e. The second-order valence-corrected chi connectivity index (χ2v) is 6.65. The van der Waals surface area contributed by atoms with Gasteiger partial charge in [-0.3, -0.25) is 10.1 Å². The van der Waals surface area contributed by atoms with Crippen molar-refractivity contribution in [3.05, 3.63) is 0 Å². The first kappa shape index (κ1) is 18.4. The summed E-state index contributed by atoms with van der Waals surface area (Å²) >= 11 is 0. The number of ether oxygens (including phenoxy) is 1. The Balaban J connectivity index is 2.17. The summed E-state index contributed by atoms with van der Waals surface area (Å²) in [5, 5.41) is 12.6. The maximum absolute atomic E-state index is 11.4. The van der Waals surface area contributed by atoms with E-state index in [0.717, 1.165) is 32.3 Å². The number of aliphatic carboxylic acids is 1. The van der Waals surface area contributed by atoms with Gasteiger partial charge in [-0.25, -0.2) is 0 Å². The number of carboxylic acid groups (broad SMARTS) is 1. The van der Waals surface area contributed by atoms with E-state index in [0.29, 0.717) is 25.0 Å². The van der Waals surface area contributed by atoms with Crippen molar-refractivity contribution >= 4 is 5.97 Å². The van der Waals surface area contributed by atoms with Crippen LogP contribution in [0.1, 0.15) is 72.1 Å². The molecule has 0 aromatic heterocycles. The summed E-state index contributed by atoms with van der Waals surface area (Å²) in [6.45, 7) is 7.70. The Morgan fingerprint density at radius 1 is 1.38 bits per heavy atom. The molecule has 4 heteroatoms. The fourth-order valence-electron chi connectivity index (χ4n) is 2.59. The van der Waals surface area contributed by atoms with Gasteiger partial charge in [0.1, 0.15) is 5.54 Å². The second kappa shape index (κ2) is 9.42. The van der Waals surface area contributed by atoms with Crippen LogP contribution in [-0.2, 0) is 9.53 Å². The standard InChI is InChI=1S/C17H33NO3/c1-4-6-8-14(5-2)13-21-12-7-11-17(3,16(19)20)18-15-9-10-15/h14-15,18H,4-13H2,1-3H3,(H,19,20). The molecule has 0 heterocycles. The molecule has 0 aromatic rings. The predicted molar refractivity (Wildman–Crippen MR) is 85.6 cm³/mol. The Labute approximate surface area is 129 Å². The van der Waals surface area contributed by atoms with Gasteiger partial charge in [-0.15, -0.1) is 0 Å². The normalized spacial score (nSPS) is 19.2. The molecule has 1 fully saturated rings. The Hall–Kier alpha value is -0.610. The number of nitrogens with one attached hydrogen (secondary N) is 1. The molecule has 21 heavy (non-hydrogen) atoms. The van der Waals surface area contributed by atoms with E-state index in [-0.39, 0.29) is 0 Å². The minimum absolute atomic E-state index is 0.408. The first-order chi connectivity index (χ1) is 10.0. The van der Waals surface area contributed by atoms with Crippen molar-refractivity contribution in [2.75, 3.05) is 13.2 Å². The van der Waals surface area contributed by atoms with E-state index in [2.05, 4.69) is 19.2 Å². The van der Waals surface area contributed by atoms with Gasteiger partial charge in [0, 0.05) is 19.3 Å². The van der Waals surface area contributed by atoms with E-state index >= 15 is 0 Å². The molecule has 1 saturated carbocycles. The van der Waals surface area contributed by atoms with E-state index in [1.165, 1.54) is 19.3 Å². The summed E-state index contributed by atoms with van der Waals surface area (Å²) < 4.78 is 5.76. The molecule has 1 rings (SSSR count). The average Bonchev–Trinajstić information content (AvgIpc) is 3.25. The SMILES string of the molecule is CCCCC(CC)COCCCC(C)(NC1CC1)C(=O)O. The van der Waals surface area contributed by atoms with Crippen molar-refractivity contribution in [2.45, 2.75) is 83.7 Å². The van der Waals surface area contributed by atoms with Crippen LogP contribution in [-0.4, -0.2) is 35.9 Å². The number of carbonyl (C=O) groups is 1. The zero-order valence-corrected chi connectivity index (χ0v) is 14.0. The van der Waals surface area contributed by atoms with Crippen LogP contribution in [0, 0.1) is 5.92 Å². The number of rotatable bonds is 13. The van der Waals surface area contributed by atoms with E-state index in [4.69, 9.17) is 4.74 Å². The summed E-state index contributed by atoms with van der Waals surface area (Å²) in [6, 6.07) is 0.408. The molecule has 0 amide bonds. The molecule has 0 aliphatic heterocycles. The summed E-state index contributed by atoms with van der Waals surface area (Å²) in [5.41, 5.74) is -0.795. The largest absolute Gasteiger partial charge is 0.480 e. The Bertz CT molecular complexity index is 304. The fraction of sp³-hybridized carbons (Fsp3) is 0.941. The van der Waals surface area contributed by atoms with Gasteiger partial charge >= 0.3 is 5.97 Å². The molecule has 124 valence electrons. The van der Waals surface area contributed by atoms with E-state index < -0.39 is 11.5 Å². The summed E-state index contributed by atoms with van der Waals surface area (Å²) in [5.74, 6) is -0.0934. The molecule has 2 N–H and O–H groups in total. The first-order valence-electron chi connectivity index (χ1n) is 8.60. The minimum atomic E-state index is -0.795. The van der Waals surface area contributed by atoms with Crippen molar-refractivity contribution in [1.29, 1.82) is 0 Å². The van der Waals surface area contributed by atoms with Crippen molar-refractivity contribution in [3.8, 4) is 0 Å². The third-order valence-electron chi connectivity index (χ3n) is 4.43. The monoisotopic (exact) mass is 299 g/mol. The maximum atomic E-state index is 11.4. The van der Waals surface area contributed by atoms with Crippen LogP contribution in [0.2, 0.25) is 0 Å². The topological polar surface area (TPSA) is 58.6 Å². The molecule has 1 aliphatic rings. The molecular formula is C17H33NO3. The highest BCUT2D eigenvalue weighted by Gasteiger charge is 2.37. The molecule has 2 unspecified atom stereocenters. The molecular weight excluding hydrogens is 266 g/mol. The highest BCUT2D eigenvalue weighted by molar-refractivity contribution is 5.78. The van der Waals surface area contributed by atoms with Crippen molar-refractivity contribution in [1.82, 2.24) is 5.32 Å². The van der Waals surface area contributed by atoms with Crippen LogP contribution < -0.4 is 5.32 Å². The second-order valence-electron chi connectivity index (χ2n) is 6.65. The Morgan fingerprint density at radius 3 is 2.62 bits per heavy atom. The summed E-state index contributed by atoms with van der Waals surface area (Å²) in [4.78, 5) is 11.4. The zero-order chi connectivity index (χ0) is 15.7. The minimum Gasteiger partial charge on any atom is -0.480 e. The van der Waals surface area contributed by atoms with Crippen LogP contribution >= 0.6 is 0 Å². The van der Waals surface area contributed by atoms with E-state index in [9.17, 15) is 9.90 Å². The van der Waals surface area contributed by atoms with Crippen LogP contribution in [0.3, 0.4) is 0 Å². The van der Waals surface area contributed by atoms with E-state index in [1.54, 1.807) is 6.92 Å². The summed E-state index contributed by atoms with van der Waals surface area (Å²) in [6.07, 6.45) is 8.55. The van der Waals surface area contributed by atoms with Gasteiger partial charge in [-0.2, -0.15) is 0 Å². The fourth-order valence-corrected chi connectivity index (χ4v) is 2.59. The van der Waals surface area contributed by atoms with Crippen LogP contribution in [0.5, 0.6) is 0 Å². The van der Waals surface area contributed by atoms with Crippen molar-refractivity contribution in [2.24, 2.45) is 5.92 Å². The van der Waals surface area contributed by atoms with E-state index in [1.807, 2.05) is 0 Å². The van der Waals surface area contributed by atoms with Crippen LogP contribution in [0.15, 0.2) is 0 Å². The van der Waals surface area contributed by atoms with Gasteiger partial charge in [0.2, 0.25) is 0 Å². The molecule has 0 spiro atoms. The third kappa shape index (κ3) is 7.28. The lowest BCUT2D eigenvalue weighted by atomic mass is 9.96. The van der Waals surface area contributed by atoms with Gasteiger partial charge in [-0.05, 0) is 44.9 Å². The lowest BCUT2D eigenvalue weighted by Crippen LogP contribution is -2.50. The van der Waals surface area contributed by atoms with Gasteiger partial charge in [0.15, 0.2) is 0 Å². The molecule has 1 aliphatic carbocycles. The average molecular weight is 299 g/mol. The first-order valence-corrected chi connectivity index (χ1v) is 8.60. The Morgan fingerprint density at radius 2 is 2.10 bits per heavy atom.